The number of nitrogens with two attached hydrogens (primary N) is 1. The summed E-state index contributed by atoms with van der Waals surface area (Å²) >= 11 is 6.66. The molecule has 3 N–H and O–H groups in total. The van der Waals surface area contributed by atoms with Crippen LogP contribution in [0.2, 0.25) is 4.34 Å². The Kier molecular flexibility index (Phi) is 4.40. The van der Waals surface area contributed by atoms with E-state index in [0.717, 1.165) is 11.3 Å². The van der Waals surface area contributed by atoms with Gasteiger partial charge in [0.2, 0.25) is 5.91 Å². The lowest BCUT2D eigenvalue weighted by molar-refractivity contribution is 0.100. The molecule has 0 radical (unpaired) electrons. The molecule has 9 heteroatoms. The summed E-state index contributed by atoms with van der Waals surface area (Å²) in [6.45, 7) is 0. The van der Waals surface area contributed by atoms with E-state index in [1.54, 1.807) is 0 Å². The van der Waals surface area contributed by atoms with Crippen molar-refractivity contribution >= 4 is 44.6 Å². The molecule has 2 rings (SSSR count). The zero-order chi connectivity index (χ0) is 15.6. The number of carbonyl (C=O) groups is 1. The second-order valence-corrected chi connectivity index (χ2v) is 7.57. The zero-order valence-electron chi connectivity index (χ0n) is 10.8. The SMILES string of the molecule is COc1ccc(C(N)=O)cc1NS(=O)(=O)c1ccc(Cl)s1. The topological polar surface area (TPSA) is 98.5 Å². The van der Waals surface area contributed by atoms with Crippen LogP contribution in [0.1, 0.15) is 10.4 Å². The van der Waals surface area contributed by atoms with Crippen LogP contribution < -0.4 is 15.2 Å². The van der Waals surface area contributed by atoms with E-state index in [2.05, 4.69) is 4.72 Å². The highest BCUT2D eigenvalue weighted by Gasteiger charge is 2.19. The molecule has 0 aliphatic carbocycles. The van der Waals surface area contributed by atoms with Gasteiger partial charge in [0.05, 0.1) is 17.1 Å². The molecule has 0 atom stereocenters. The van der Waals surface area contributed by atoms with Gasteiger partial charge in [-0.2, -0.15) is 0 Å². The van der Waals surface area contributed by atoms with Crippen LogP contribution >= 0.6 is 22.9 Å². The van der Waals surface area contributed by atoms with Crippen molar-refractivity contribution in [3.63, 3.8) is 0 Å². The summed E-state index contributed by atoms with van der Waals surface area (Å²) in [6.07, 6.45) is 0. The summed E-state index contributed by atoms with van der Waals surface area (Å²) < 4.78 is 32.3. The van der Waals surface area contributed by atoms with Gasteiger partial charge in [0.15, 0.2) is 0 Å². The van der Waals surface area contributed by atoms with Crippen molar-refractivity contribution in [2.75, 3.05) is 11.8 Å². The minimum absolute atomic E-state index is 0.0547. The number of halogens is 1. The lowest BCUT2D eigenvalue weighted by Gasteiger charge is -2.11. The molecule has 0 saturated carbocycles. The molecule has 0 fully saturated rings. The molecule has 6 nitrogen and oxygen atoms in total. The predicted octanol–water partition coefficient (Wildman–Crippen LogP) is 2.31. The molecule has 0 spiro atoms. The summed E-state index contributed by atoms with van der Waals surface area (Å²) in [6, 6.07) is 7.09. The van der Waals surface area contributed by atoms with Crippen molar-refractivity contribution in [2.24, 2.45) is 5.73 Å². The summed E-state index contributed by atoms with van der Waals surface area (Å²) in [5.41, 5.74) is 5.47. The van der Waals surface area contributed by atoms with E-state index in [1.807, 2.05) is 0 Å². The number of methoxy groups -OCH3 is 1. The number of nitrogens with one attached hydrogen (secondary N) is 1. The third kappa shape index (κ3) is 3.46. The van der Waals surface area contributed by atoms with Crippen LogP contribution in [0.15, 0.2) is 34.5 Å². The van der Waals surface area contributed by atoms with Crippen molar-refractivity contribution in [2.45, 2.75) is 4.21 Å². The van der Waals surface area contributed by atoms with Crippen LogP contribution in [-0.4, -0.2) is 21.4 Å². The third-order valence-corrected chi connectivity index (χ3v) is 5.63. The third-order valence-electron chi connectivity index (χ3n) is 2.54. The number of ether oxygens (including phenoxy) is 1. The highest BCUT2D eigenvalue weighted by Crippen LogP contribution is 2.31. The highest BCUT2D eigenvalue weighted by molar-refractivity contribution is 7.94. The highest BCUT2D eigenvalue weighted by atomic mass is 35.5. The number of sulfonamides is 1. The van der Waals surface area contributed by atoms with Gasteiger partial charge < -0.3 is 10.5 Å². The van der Waals surface area contributed by atoms with E-state index < -0.39 is 15.9 Å². The minimum atomic E-state index is -3.82. The fourth-order valence-corrected chi connectivity index (χ4v) is 4.12. The molecule has 0 aliphatic heterocycles. The van der Waals surface area contributed by atoms with Gasteiger partial charge in [-0.25, -0.2) is 8.42 Å². The Bertz CT molecular complexity index is 786. The van der Waals surface area contributed by atoms with Crippen LogP contribution in [0.4, 0.5) is 5.69 Å². The standard InChI is InChI=1S/C12H11ClN2O4S2/c1-19-9-3-2-7(12(14)16)6-8(9)15-21(17,18)11-5-4-10(13)20-11/h2-6,15H,1H3,(H2,14,16). The number of hydrogen-bond donors (Lipinski definition) is 2. The van der Waals surface area contributed by atoms with E-state index >= 15 is 0 Å². The van der Waals surface area contributed by atoms with E-state index in [4.69, 9.17) is 22.1 Å². The van der Waals surface area contributed by atoms with E-state index in [9.17, 15) is 13.2 Å². The fourth-order valence-electron chi connectivity index (χ4n) is 1.58. The van der Waals surface area contributed by atoms with Crippen LogP contribution in [0.3, 0.4) is 0 Å². The molecule has 1 aromatic heterocycles. The van der Waals surface area contributed by atoms with Crippen LogP contribution in [-0.2, 0) is 10.0 Å². The fraction of sp³-hybridized carbons (Fsp3) is 0.0833. The van der Waals surface area contributed by atoms with Crippen LogP contribution in [0, 0.1) is 0 Å². The average molecular weight is 347 g/mol. The number of amides is 1. The largest absolute Gasteiger partial charge is 0.495 e. The Morgan fingerprint density at radius 3 is 2.57 bits per heavy atom. The summed E-state index contributed by atoms with van der Waals surface area (Å²) in [5, 5.41) is 0. The monoisotopic (exact) mass is 346 g/mol. The first-order chi connectivity index (χ1) is 9.83. The molecule has 0 unspecified atom stereocenters. The van der Waals surface area contributed by atoms with Gasteiger partial charge in [-0.3, -0.25) is 9.52 Å². The maximum Gasteiger partial charge on any atom is 0.271 e. The molecule has 0 bridgehead atoms. The van der Waals surface area contributed by atoms with Crippen molar-refractivity contribution < 1.29 is 17.9 Å². The van der Waals surface area contributed by atoms with Gasteiger partial charge in [-0.05, 0) is 30.3 Å². The zero-order valence-corrected chi connectivity index (χ0v) is 13.2. The minimum Gasteiger partial charge on any atom is -0.495 e. The molecule has 1 heterocycles. The second kappa shape index (κ2) is 5.92. The first-order valence-corrected chi connectivity index (χ1v) is 8.27. The van der Waals surface area contributed by atoms with Gasteiger partial charge in [0, 0.05) is 5.56 Å². The van der Waals surface area contributed by atoms with Gasteiger partial charge in [0.25, 0.3) is 10.0 Å². The molecule has 21 heavy (non-hydrogen) atoms. The lowest BCUT2D eigenvalue weighted by Crippen LogP contribution is -2.15. The summed E-state index contributed by atoms with van der Waals surface area (Å²) in [4.78, 5) is 11.2. The number of rotatable bonds is 5. The number of benzene rings is 1. The maximum atomic E-state index is 12.2. The Morgan fingerprint density at radius 1 is 1.33 bits per heavy atom. The first-order valence-electron chi connectivity index (χ1n) is 5.59. The first kappa shape index (κ1) is 15.6. The molecular formula is C12H11ClN2O4S2. The second-order valence-electron chi connectivity index (χ2n) is 3.94. The number of hydrogen-bond acceptors (Lipinski definition) is 5. The van der Waals surface area contributed by atoms with Crippen molar-refractivity contribution in [1.29, 1.82) is 0 Å². The smallest absolute Gasteiger partial charge is 0.271 e. The van der Waals surface area contributed by atoms with Crippen molar-refractivity contribution in [1.82, 2.24) is 0 Å². The Hall–Kier alpha value is -1.77. The van der Waals surface area contributed by atoms with E-state index in [1.165, 1.54) is 37.4 Å². The van der Waals surface area contributed by atoms with E-state index in [0.29, 0.717) is 4.34 Å². The molecule has 0 saturated heterocycles. The molecular weight excluding hydrogens is 336 g/mol. The van der Waals surface area contributed by atoms with Gasteiger partial charge in [-0.15, -0.1) is 11.3 Å². The lowest BCUT2D eigenvalue weighted by atomic mass is 10.2. The van der Waals surface area contributed by atoms with Gasteiger partial charge >= 0.3 is 0 Å². The van der Waals surface area contributed by atoms with Crippen molar-refractivity contribution in [3.05, 3.63) is 40.2 Å². The number of thiophene rings is 1. The normalized spacial score (nSPS) is 11.1. The maximum absolute atomic E-state index is 12.2. The molecule has 2 aromatic rings. The summed E-state index contributed by atoms with van der Waals surface area (Å²) in [5.74, 6) is -0.400. The molecule has 0 aliphatic rings. The van der Waals surface area contributed by atoms with Gasteiger partial charge in [-0.1, -0.05) is 11.6 Å². The quantitative estimate of drug-likeness (QED) is 0.867. The number of carbonyl (C=O) groups excluding carboxylic acids is 1. The van der Waals surface area contributed by atoms with Gasteiger partial charge in [0.1, 0.15) is 9.96 Å². The number of anilines is 1. The Morgan fingerprint density at radius 2 is 2.05 bits per heavy atom. The van der Waals surface area contributed by atoms with Crippen molar-refractivity contribution in [3.8, 4) is 5.75 Å². The molecule has 112 valence electrons. The molecule has 1 amide bonds. The van der Waals surface area contributed by atoms with E-state index in [-0.39, 0.29) is 21.2 Å². The molecule has 1 aromatic carbocycles. The average Bonchev–Trinajstić information content (AvgIpc) is 2.85. The number of primary amides is 1. The van der Waals surface area contributed by atoms with Crippen LogP contribution in [0.5, 0.6) is 5.75 Å². The Labute approximate surface area is 130 Å². The van der Waals surface area contributed by atoms with Crippen LogP contribution in [0.25, 0.3) is 0 Å². The Balaban J connectivity index is 2.42. The predicted molar refractivity (Wildman–Crippen MR) is 81.6 cm³/mol. The summed E-state index contributed by atoms with van der Waals surface area (Å²) in [7, 11) is -2.43.